The minimum Gasteiger partial charge on any atom is -0.494 e. The first-order chi connectivity index (χ1) is 13.5. The molecule has 0 bridgehead atoms. The summed E-state index contributed by atoms with van der Waals surface area (Å²) in [5, 5.41) is 13.6. The molecule has 0 aliphatic carbocycles. The van der Waals surface area contributed by atoms with Crippen molar-refractivity contribution in [1.29, 1.82) is 0 Å². The lowest BCUT2D eigenvalue weighted by molar-refractivity contribution is -0.137. The first kappa shape index (κ1) is 25.4. The Bertz CT molecular complexity index is 696. The number of carbonyl (C=O) groups excluding carboxylic acids is 1. The van der Waals surface area contributed by atoms with E-state index in [0.717, 1.165) is 41.3 Å². The fourth-order valence-electron chi connectivity index (χ4n) is 2.56. The Hall–Kier alpha value is -2.56. The number of aryl methyl sites for hydroxylation is 1. The van der Waals surface area contributed by atoms with E-state index in [-0.39, 0.29) is 6.42 Å². The van der Waals surface area contributed by atoms with Crippen LogP contribution in [0.5, 0.6) is 5.75 Å². The first-order valence-electron chi connectivity index (χ1n) is 10.1. The highest BCUT2D eigenvalue weighted by atomic mass is 16.5. The van der Waals surface area contributed by atoms with Crippen LogP contribution in [0.1, 0.15) is 59.4 Å². The fraction of sp³-hybridized carbons (Fsp3) is 0.478. The molecule has 2 aromatic rings. The van der Waals surface area contributed by atoms with Crippen molar-refractivity contribution >= 4 is 23.2 Å². The van der Waals surface area contributed by atoms with Crippen LogP contribution in [-0.4, -0.2) is 30.1 Å². The number of hydrogen-bond acceptors (Lipinski definition) is 3. The molecule has 0 spiro atoms. The third-order valence-corrected chi connectivity index (χ3v) is 4.10. The first-order valence-corrected chi connectivity index (χ1v) is 10.1. The molecule has 2 N–H and O–H groups in total. The zero-order chi connectivity index (χ0) is 21.4. The van der Waals surface area contributed by atoms with Crippen molar-refractivity contribution in [2.75, 3.05) is 6.61 Å². The minimum absolute atomic E-state index is 0.163. The Morgan fingerprint density at radius 1 is 1.07 bits per heavy atom. The van der Waals surface area contributed by atoms with Crippen LogP contribution in [0.15, 0.2) is 36.4 Å². The molecule has 156 valence electrons. The number of amides is 1. The Labute approximate surface area is 169 Å². The molecule has 0 atom stereocenters. The highest BCUT2D eigenvalue weighted by molar-refractivity contribution is 5.84. The average molecular weight is 390 g/mol. The van der Waals surface area contributed by atoms with Gasteiger partial charge in [-0.05, 0) is 54.7 Å². The summed E-state index contributed by atoms with van der Waals surface area (Å²) in [4.78, 5) is 20.4. The number of hydrogen-bond donors (Lipinski definition) is 2. The number of benzene rings is 2. The van der Waals surface area contributed by atoms with Crippen LogP contribution in [0.4, 0.5) is 0 Å². The van der Waals surface area contributed by atoms with Gasteiger partial charge in [0, 0.05) is 12.5 Å². The molecule has 0 saturated carbocycles. The van der Waals surface area contributed by atoms with Crippen molar-refractivity contribution in [1.82, 2.24) is 5.32 Å². The second-order valence-electron chi connectivity index (χ2n) is 5.97. The zero-order valence-corrected chi connectivity index (χ0v) is 17.8. The predicted molar refractivity (Wildman–Crippen MR) is 116 cm³/mol. The largest absolute Gasteiger partial charge is 0.494 e. The van der Waals surface area contributed by atoms with E-state index < -0.39 is 5.97 Å². The second kappa shape index (κ2) is 15.5. The topological polar surface area (TPSA) is 75.6 Å². The Kier molecular flexibility index (Phi) is 14.1. The van der Waals surface area contributed by atoms with Crippen LogP contribution in [0, 0.1) is 0 Å². The van der Waals surface area contributed by atoms with Gasteiger partial charge >= 0.3 is 5.97 Å². The molecule has 0 aliphatic rings. The molecule has 5 nitrogen and oxygen atoms in total. The van der Waals surface area contributed by atoms with Gasteiger partial charge in [-0.3, -0.25) is 9.59 Å². The lowest BCUT2D eigenvalue weighted by atomic mass is 10.0. The number of fused-ring (bicyclic) bond motifs is 1. The molecule has 0 saturated heterocycles. The third-order valence-electron chi connectivity index (χ3n) is 4.10. The van der Waals surface area contributed by atoms with E-state index >= 15 is 0 Å². The molecule has 0 aliphatic heterocycles. The summed E-state index contributed by atoms with van der Waals surface area (Å²) in [5.74, 6) is 0.0820. The number of nitrogens with one attached hydrogen (secondary N) is 1. The molecule has 0 fully saturated rings. The van der Waals surface area contributed by atoms with Crippen LogP contribution in [0.25, 0.3) is 10.8 Å². The highest BCUT2D eigenvalue weighted by Crippen LogP contribution is 2.22. The molecule has 5 heteroatoms. The van der Waals surface area contributed by atoms with Crippen molar-refractivity contribution in [3.8, 4) is 5.75 Å². The van der Waals surface area contributed by atoms with Gasteiger partial charge < -0.3 is 15.2 Å². The number of carboxylic acids is 1. The summed E-state index contributed by atoms with van der Waals surface area (Å²) in [5.41, 5.74) is 1.04. The zero-order valence-electron chi connectivity index (χ0n) is 17.8. The molecule has 0 radical (unpaired) electrons. The summed E-state index contributed by atoms with van der Waals surface area (Å²) in [6.07, 6.45) is 3.53. The minimum atomic E-state index is -0.766. The number of aliphatic carboxylic acids is 1. The number of carbonyl (C=O) groups is 2. The summed E-state index contributed by atoms with van der Waals surface area (Å²) >= 11 is 0. The van der Waals surface area contributed by atoms with Gasteiger partial charge in [0.2, 0.25) is 6.41 Å². The third kappa shape index (κ3) is 9.95. The van der Waals surface area contributed by atoms with Gasteiger partial charge in [0.25, 0.3) is 0 Å². The van der Waals surface area contributed by atoms with Gasteiger partial charge in [-0.1, -0.05) is 52.0 Å². The fourth-order valence-corrected chi connectivity index (χ4v) is 2.56. The molecule has 0 aromatic heterocycles. The van der Waals surface area contributed by atoms with Gasteiger partial charge in [-0.15, -0.1) is 0 Å². The Morgan fingerprint density at radius 2 is 1.71 bits per heavy atom. The van der Waals surface area contributed by atoms with Crippen LogP contribution in [-0.2, 0) is 16.0 Å². The molecule has 2 rings (SSSR count). The molecule has 2 aromatic carbocycles. The predicted octanol–water partition coefficient (Wildman–Crippen LogP) is 5.20. The van der Waals surface area contributed by atoms with E-state index in [4.69, 9.17) is 9.84 Å². The maximum Gasteiger partial charge on any atom is 0.303 e. The second-order valence-corrected chi connectivity index (χ2v) is 5.97. The summed E-state index contributed by atoms with van der Waals surface area (Å²) in [6.45, 7) is 10.7. The van der Waals surface area contributed by atoms with Crippen molar-refractivity contribution in [2.24, 2.45) is 0 Å². The monoisotopic (exact) mass is 389 g/mol. The average Bonchev–Trinajstić information content (AvgIpc) is 2.72. The molecule has 28 heavy (non-hydrogen) atoms. The lowest BCUT2D eigenvalue weighted by Crippen LogP contribution is -2.25. The quantitative estimate of drug-likeness (QED) is 0.578. The normalized spacial score (nSPS) is 9.64. The van der Waals surface area contributed by atoms with Crippen molar-refractivity contribution in [3.63, 3.8) is 0 Å². The van der Waals surface area contributed by atoms with Gasteiger partial charge in [0.1, 0.15) is 5.75 Å². The molecular formula is C23H35NO4. The van der Waals surface area contributed by atoms with Gasteiger partial charge in [0.15, 0.2) is 0 Å². The van der Waals surface area contributed by atoms with Crippen molar-refractivity contribution in [2.45, 2.75) is 66.3 Å². The summed E-state index contributed by atoms with van der Waals surface area (Å²) < 4.78 is 5.46. The van der Waals surface area contributed by atoms with Gasteiger partial charge in [-0.2, -0.15) is 0 Å². The molecule has 0 heterocycles. The van der Waals surface area contributed by atoms with E-state index in [0.29, 0.717) is 19.1 Å². The standard InChI is InChI=1S/C15H16O3.C6H13NO.C2H6/c1-2-18-14-7-6-12-5-3-11(4-8-15(16)17)9-13(12)10-14;1-3-6(4-2)7-5-8;1-2/h3,5-7,9-10H,2,4,8H2,1H3,(H,16,17);5-6H,3-4H2,1-2H3,(H,7,8);1-2H3. The van der Waals surface area contributed by atoms with Crippen LogP contribution in [0.2, 0.25) is 0 Å². The molecule has 0 unspecified atom stereocenters. The summed E-state index contributed by atoms with van der Waals surface area (Å²) in [7, 11) is 0. The highest BCUT2D eigenvalue weighted by Gasteiger charge is 2.02. The van der Waals surface area contributed by atoms with E-state index in [2.05, 4.69) is 19.2 Å². The van der Waals surface area contributed by atoms with E-state index in [1.54, 1.807) is 0 Å². The maximum atomic E-state index is 10.6. The van der Waals surface area contributed by atoms with Crippen LogP contribution in [0.3, 0.4) is 0 Å². The Balaban J connectivity index is 0.000000618. The SMILES string of the molecule is CC.CCC(CC)NC=O.CCOc1ccc2ccc(CCC(=O)O)cc2c1. The van der Waals surface area contributed by atoms with Gasteiger partial charge in [0.05, 0.1) is 6.61 Å². The van der Waals surface area contributed by atoms with Crippen LogP contribution < -0.4 is 10.1 Å². The number of rotatable bonds is 9. The van der Waals surface area contributed by atoms with Gasteiger partial charge in [-0.25, -0.2) is 0 Å². The molecular weight excluding hydrogens is 354 g/mol. The lowest BCUT2D eigenvalue weighted by Gasteiger charge is -2.08. The van der Waals surface area contributed by atoms with E-state index in [1.807, 2.05) is 57.2 Å². The Morgan fingerprint density at radius 3 is 2.21 bits per heavy atom. The van der Waals surface area contributed by atoms with Crippen molar-refractivity contribution in [3.05, 3.63) is 42.0 Å². The summed E-state index contributed by atoms with van der Waals surface area (Å²) in [6, 6.07) is 12.4. The maximum absolute atomic E-state index is 10.6. The molecule has 1 amide bonds. The van der Waals surface area contributed by atoms with E-state index in [1.165, 1.54) is 0 Å². The smallest absolute Gasteiger partial charge is 0.303 e. The van der Waals surface area contributed by atoms with Crippen molar-refractivity contribution < 1.29 is 19.4 Å². The van der Waals surface area contributed by atoms with Crippen LogP contribution >= 0.6 is 0 Å². The number of carboxylic acid groups (broad SMARTS) is 1. The number of ether oxygens (including phenoxy) is 1. The van der Waals surface area contributed by atoms with E-state index in [9.17, 15) is 9.59 Å².